The topological polar surface area (TPSA) is 82.6 Å². The number of carbonyl (C=O) groups is 1. The van der Waals surface area contributed by atoms with E-state index in [2.05, 4.69) is 9.88 Å². The summed E-state index contributed by atoms with van der Waals surface area (Å²) in [6.45, 7) is 2.61. The molecule has 192 valence electrons. The number of carbonyl (C=O) groups excluding carboxylic acids is 1. The number of hydrogen-bond donors (Lipinski definition) is 2. The van der Waals surface area contributed by atoms with E-state index >= 15 is 0 Å². The lowest BCUT2D eigenvalue weighted by Gasteiger charge is -2.31. The second-order valence-corrected chi connectivity index (χ2v) is 10.6. The number of fused-ring (bicyclic) bond motifs is 1. The van der Waals surface area contributed by atoms with Crippen LogP contribution in [-0.2, 0) is 4.79 Å². The zero-order valence-corrected chi connectivity index (χ0v) is 21.1. The fourth-order valence-corrected chi connectivity index (χ4v) is 6.00. The zero-order valence-electron chi connectivity index (χ0n) is 21.1. The molecule has 0 spiro atoms. The quantitative estimate of drug-likeness (QED) is 0.403. The van der Waals surface area contributed by atoms with Crippen molar-refractivity contribution in [2.75, 3.05) is 26.3 Å². The number of aromatic amines is 1. The monoisotopic (exact) mass is 482 g/mol. The van der Waals surface area contributed by atoms with Crippen LogP contribution < -0.4 is 10.3 Å². The van der Waals surface area contributed by atoms with Gasteiger partial charge in [0.25, 0.3) is 0 Å². The molecule has 2 unspecified atom stereocenters. The van der Waals surface area contributed by atoms with Gasteiger partial charge >= 0.3 is 0 Å². The van der Waals surface area contributed by atoms with Crippen LogP contribution in [0.25, 0.3) is 10.9 Å². The number of benzene rings is 1. The number of ether oxygens (including phenoxy) is 1. The Morgan fingerprint density at radius 1 is 1.00 bits per heavy atom. The Morgan fingerprint density at radius 3 is 2.66 bits per heavy atom. The number of aliphatic hydroxyl groups is 1. The molecule has 1 aromatic carbocycles. The van der Waals surface area contributed by atoms with Gasteiger partial charge in [-0.2, -0.15) is 0 Å². The number of hydrogen-bond acceptors (Lipinski definition) is 4. The summed E-state index contributed by atoms with van der Waals surface area (Å²) >= 11 is 0. The summed E-state index contributed by atoms with van der Waals surface area (Å²) in [6, 6.07) is 9.00. The van der Waals surface area contributed by atoms with Gasteiger partial charge in [-0.1, -0.05) is 32.1 Å². The highest BCUT2D eigenvalue weighted by Gasteiger charge is 2.28. The molecule has 35 heavy (non-hydrogen) atoms. The number of aliphatic hydroxyl groups excluding tert-OH is 1. The molecule has 2 fully saturated rings. The number of nitrogens with zero attached hydrogens (tertiary/aromatic N) is 1. The molecule has 0 bridgehead atoms. The van der Waals surface area contributed by atoms with Gasteiger partial charge in [-0.15, -0.1) is 0 Å². The molecule has 1 amide bonds. The normalized spacial score (nSPS) is 20.8. The zero-order chi connectivity index (χ0) is 24.5. The first-order valence-electron chi connectivity index (χ1n) is 13.8. The maximum absolute atomic E-state index is 13.2. The van der Waals surface area contributed by atoms with Gasteiger partial charge in [0.2, 0.25) is 11.5 Å². The van der Waals surface area contributed by atoms with Crippen molar-refractivity contribution in [2.24, 2.45) is 17.8 Å². The first-order valence-corrected chi connectivity index (χ1v) is 13.8. The van der Waals surface area contributed by atoms with Gasteiger partial charge in [0.15, 0.2) is 0 Å². The number of nitrogens with one attached hydrogen (secondary N) is 1. The van der Waals surface area contributed by atoms with E-state index in [1.54, 1.807) is 6.07 Å². The average molecular weight is 483 g/mol. The Kier molecular flexibility index (Phi) is 9.64. The number of pyridine rings is 1. The van der Waals surface area contributed by atoms with Gasteiger partial charge in [-0.25, -0.2) is 0 Å². The van der Waals surface area contributed by atoms with E-state index < -0.39 is 0 Å². The molecule has 1 aromatic heterocycles. The molecular weight excluding hydrogens is 440 g/mol. The summed E-state index contributed by atoms with van der Waals surface area (Å²) in [6.07, 6.45) is 13.2. The van der Waals surface area contributed by atoms with Gasteiger partial charge in [-0.3, -0.25) is 9.59 Å². The lowest BCUT2D eigenvalue weighted by molar-refractivity contribution is -0.132. The lowest BCUT2D eigenvalue weighted by Crippen LogP contribution is -2.37. The average Bonchev–Trinajstić information content (AvgIpc) is 3.34. The summed E-state index contributed by atoms with van der Waals surface area (Å²) in [7, 11) is 0. The largest absolute Gasteiger partial charge is 0.494 e. The molecule has 2 aromatic rings. The Morgan fingerprint density at radius 2 is 1.83 bits per heavy atom. The molecule has 0 radical (unpaired) electrons. The highest BCUT2D eigenvalue weighted by molar-refractivity contribution is 5.79. The molecule has 2 aliphatic rings. The maximum atomic E-state index is 13.2. The van der Waals surface area contributed by atoms with E-state index in [0.717, 1.165) is 55.4 Å². The van der Waals surface area contributed by atoms with Crippen LogP contribution in [0.4, 0.5) is 0 Å². The third kappa shape index (κ3) is 7.57. The molecule has 4 rings (SSSR count). The Bertz CT molecular complexity index is 998. The highest BCUT2D eigenvalue weighted by atomic mass is 16.5. The molecule has 2 N–H and O–H groups in total. The van der Waals surface area contributed by atoms with Gasteiger partial charge in [-0.05, 0) is 80.5 Å². The molecule has 6 heteroatoms. The third-order valence-electron chi connectivity index (χ3n) is 8.13. The van der Waals surface area contributed by atoms with E-state index in [-0.39, 0.29) is 18.1 Å². The van der Waals surface area contributed by atoms with Crippen molar-refractivity contribution in [1.29, 1.82) is 0 Å². The maximum Gasteiger partial charge on any atom is 0.248 e. The smallest absolute Gasteiger partial charge is 0.248 e. The standard InChI is InChI=1S/C29H42N2O4/c32-21-25-10-6-9-23(25)16-17-31(20-22-7-2-1-3-8-22)29(34)11-4-5-18-35-26-13-14-27-24(19-26)12-15-28(33)30-27/h12-15,19,22-23,25,32H,1-11,16-18,20-21H2,(H,30,33). The number of aromatic nitrogens is 1. The van der Waals surface area contributed by atoms with Crippen LogP contribution in [0.15, 0.2) is 35.1 Å². The Hall–Kier alpha value is -2.34. The van der Waals surface area contributed by atoms with Crippen LogP contribution in [0.2, 0.25) is 0 Å². The third-order valence-corrected chi connectivity index (χ3v) is 8.13. The van der Waals surface area contributed by atoms with Gasteiger partial charge < -0.3 is 19.7 Å². The Labute approximate surface area is 209 Å². The van der Waals surface area contributed by atoms with Gasteiger partial charge in [0.05, 0.1) is 6.61 Å². The van der Waals surface area contributed by atoms with Crippen molar-refractivity contribution in [1.82, 2.24) is 9.88 Å². The van der Waals surface area contributed by atoms with E-state index in [1.807, 2.05) is 18.2 Å². The molecule has 2 aliphatic carbocycles. The van der Waals surface area contributed by atoms with Crippen molar-refractivity contribution in [3.05, 3.63) is 40.7 Å². The molecular formula is C29H42N2O4. The summed E-state index contributed by atoms with van der Waals surface area (Å²) in [5.74, 6) is 2.70. The van der Waals surface area contributed by atoms with Crippen molar-refractivity contribution >= 4 is 16.8 Å². The minimum absolute atomic E-state index is 0.107. The highest BCUT2D eigenvalue weighted by Crippen LogP contribution is 2.34. The van der Waals surface area contributed by atoms with Crippen LogP contribution in [0.1, 0.15) is 77.0 Å². The fraction of sp³-hybridized carbons (Fsp3) is 0.655. The lowest BCUT2D eigenvalue weighted by atomic mass is 9.88. The second-order valence-electron chi connectivity index (χ2n) is 10.6. The number of H-pyrrole nitrogens is 1. The molecule has 6 nitrogen and oxygen atoms in total. The summed E-state index contributed by atoms with van der Waals surface area (Å²) < 4.78 is 5.91. The van der Waals surface area contributed by atoms with Crippen LogP contribution in [0, 0.1) is 17.8 Å². The molecule has 0 saturated heterocycles. The van der Waals surface area contributed by atoms with E-state index in [4.69, 9.17) is 4.74 Å². The summed E-state index contributed by atoms with van der Waals surface area (Å²) in [5.41, 5.74) is 0.696. The summed E-state index contributed by atoms with van der Waals surface area (Å²) in [4.78, 5) is 29.6. The van der Waals surface area contributed by atoms with E-state index in [0.29, 0.717) is 30.8 Å². The predicted molar refractivity (Wildman–Crippen MR) is 140 cm³/mol. The van der Waals surface area contributed by atoms with Crippen LogP contribution in [-0.4, -0.2) is 47.2 Å². The predicted octanol–water partition coefficient (Wildman–Crippen LogP) is 5.28. The first-order chi connectivity index (χ1) is 17.1. The van der Waals surface area contributed by atoms with Crippen LogP contribution >= 0.6 is 0 Å². The summed E-state index contributed by atoms with van der Waals surface area (Å²) in [5, 5.41) is 10.6. The minimum Gasteiger partial charge on any atom is -0.494 e. The van der Waals surface area contributed by atoms with Gasteiger partial charge in [0.1, 0.15) is 5.75 Å². The first kappa shape index (κ1) is 25.7. The van der Waals surface area contributed by atoms with Crippen molar-refractivity contribution in [2.45, 2.75) is 77.0 Å². The van der Waals surface area contributed by atoms with Crippen molar-refractivity contribution < 1.29 is 14.6 Å². The molecule has 0 aliphatic heterocycles. The molecule has 1 heterocycles. The van der Waals surface area contributed by atoms with E-state index in [1.165, 1.54) is 51.0 Å². The molecule has 2 saturated carbocycles. The molecule has 2 atom stereocenters. The minimum atomic E-state index is -0.107. The van der Waals surface area contributed by atoms with Crippen LogP contribution in [0.3, 0.4) is 0 Å². The van der Waals surface area contributed by atoms with Crippen molar-refractivity contribution in [3.8, 4) is 5.75 Å². The van der Waals surface area contributed by atoms with Gasteiger partial charge in [0, 0.05) is 43.1 Å². The fourth-order valence-electron chi connectivity index (χ4n) is 6.00. The van der Waals surface area contributed by atoms with Crippen molar-refractivity contribution in [3.63, 3.8) is 0 Å². The number of rotatable bonds is 12. The second kappa shape index (κ2) is 13.1. The Balaban J connectivity index is 1.23. The SMILES string of the molecule is O=C(CCCCOc1ccc2[nH]c(=O)ccc2c1)N(CCC1CCCC1CO)CC1CCCCC1. The van der Waals surface area contributed by atoms with Crippen LogP contribution in [0.5, 0.6) is 5.75 Å². The number of unbranched alkanes of at least 4 members (excludes halogenated alkanes) is 1. The van der Waals surface area contributed by atoms with E-state index in [9.17, 15) is 14.7 Å². The number of amides is 1.